The molecule has 3 nitrogen and oxygen atoms in total. The van der Waals surface area contributed by atoms with E-state index in [0.717, 1.165) is 23.5 Å². The highest BCUT2D eigenvalue weighted by atomic mass is 32.2. The van der Waals surface area contributed by atoms with E-state index >= 15 is 0 Å². The van der Waals surface area contributed by atoms with Gasteiger partial charge in [-0.05, 0) is 86.3 Å². The van der Waals surface area contributed by atoms with Crippen LogP contribution < -0.4 is 10.1 Å². The van der Waals surface area contributed by atoms with Crippen LogP contribution in [0.15, 0.2) is 24.3 Å². The molecule has 0 aromatic heterocycles. The Morgan fingerprint density at radius 1 is 1.07 bits per heavy atom. The summed E-state index contributed by atoms with van der Waals surface area (Å²) in [6.07, 6.45) is 8.28. The highest BCUT2D eigenvalue weighted by Gasteiger charge is 2.53. The molecular formula is C23H31NO2S2. The van der Waals surface area contributed by atoms with E-state index < -0.39 is 0 Å². The van der Waals surface area contributed by atoms with Crippen molar-refractivity contribution in [2.24, 2.45) is 23.2 Å². The number of rotatable bonds is 6. The molecule has 1 aromatic rings. The average molecular weight is 418 g/mol. The maximum absolute atomic E-state index is 12.6. The second-order valence-corrected chi connectivity index (χ2v) is 12.2. The zero-order valence-electron chi connectivity index (χ0n) is 16.7. The molecule has 5 heteroatoms. The molecule has 1 unspecified atom stereocenters. The summed E-state index contributed by atoms with van der Waals surface area (Å²) in [5.41, 5.74) is 1.70. The highest BCUT2D eigenvalue weighted by molar-refractivity contribution is 8.19. The standard InChI is InChI=1S/C23H31NO2S2/c1-15(23-11-16-8-17(12-23)10-18(9-16)13-23)24-21(25)14-26-20-4-2-19(3-5-20)22-27-6-7-28-22/h2-5,15-18,22H,6-14H2,1H3,(H,24,25). The van der Waals surface area contributed by atoms with Crippen LogP contribution in [0, 0.1) is 23.2 Å². The lowest BCUT2D eigenvalue weighted by Gasteiger charge is -2.59. The Balaban J connectivity index is 1.13. The number of nitrogens with one attached hydrogen (secondary N) is 1. The van der Waals surface area contributed by atoms with Gasteiger partial charge in [-0.3, -0.25) is 4.79 Å². The molecule has 1 aliphatic heterocycles. The molecule has 4 saturated carbocycles. The Labute approximate surface area is 177 Å². The summed E-state index contributed by atoms with van der Waals surface area (Å²) in [7, 11) is 0. The van der Waals surface area contributed by atoms with Gasteiger partial charge in [0.1, 0.15) is 5.75 Å². The van der Waals surface area contributed by atoms with Crippen LogP contribution in [0.3, 0.4) is 0 Å². The number of amides is 1. The first-order valence-corrected chi connectivity index (χ1v) is 12.9. The van der Waals surface area contributed by atoms with Crippen molar-refractivity contribution in [2.45, 2.75) is 56.1 Å². The van der Waals surface area contributed by atoms with Crippen LogP contribution in [0.25, 0.3) is 0 Å². The Kier molecular flexibility index (Phi) is 5.33. The smallest absolute Gasteiger partial charge is 0.258 e. The van der Waals surface area contributed by atoms with Crippen molar-refractivity contribution < 1.29 is 9.53 Å². The van der Waals surface area contributed by atoms with Gasteiger partial charge in [0.2, 0.25) is 0 Å². The predicted octanol–water partition coefficient (Wildman–Crippen LogP) is 5.27. The Hall–Kier alpha value is -0.810. The summed E-state index contributed by atoms with van der Waals surface area (Å²) in [6, 6.07) is 8.55. The maximum Gasteiger partial charge on any atom is 0.258 e. The van der Waals surface area contributed by atoms with Crippen molar-refractivity contribution in [1.82, 2.24) is 5.32 Å². The number of ether oxygens (including phenoxy) is 1. The van der Waals surface area contributed by atoms with E-state index in [2.05, 4.69) is 24.4 Å². The lowest BCUT2D eigenvalue weighted by molar-refractivity contribution is -0.127. The fourth-order valence-corrected chi connectivity index (χ4v) is 9.42. The Morgan fingerprint density at radius 3 is 2.21 bits per heavy atom. The molecule has 28 heavy (non-hydrogen) atoms. The minimum Gasteiger partial charge on any atom is -0.484 e. The number of hydrogen-bond donors (Lipinski definition) is 1. The normalized spacial score (nSPS) is 35.1. The molecule has 1 aromatic carbocycles. The second kappa shape index (κ2) is 7.79. The molecule has 1 amide bonds. The third-order valence-electron chi connectivity index (χ3n) is 7.53. The van der Waals surface area contributed by atoms with Crippen LogP contribution in [-0.4, -0.2) is 30.1 Å². The molecule has 4 bridgehead atoms. The number of hydrogen-bond acceptors (Lipinski definition) is 4. The van der Waals surface area contributed by atoms with Crippen molar-refractivity contribution in [3.63, 3.8) is 0 Å². The van der Waals surface area contributed by atoms with E-state index in [0.29, 0.717) is 10.00 Å². The van der Waals surface area contributed by atoms with E-state index in [-0.39, 0.29) is 18.6 Å². The first kappa shape index (κ1) is 19.2. The second-order valence-electron chi connectivity index (χ2n) is 9.50. The van der Waals surface area contributed by atoms with Gasteiger partial charge in [-0.2, -0.15) is 0 Å². The van der Waals surface area contributed by atoms with Crippen molar-refractivity contribution in [3.8, 4) is 5.75 Å². The predicted molar refractivity (Wildman–Crippen MR) is 118 cm³/mol. The van der Waals surface area contributed by atoms with E-state index in [1.807, 2.05) is 35.7 Å². The molecule has 6 rings (SSSR count). The summed E-state index contributed by atoms with van der Waals surface area (Å²) in [5.74, 6) is 6.01. The van der Waals surface area contributed by atoms with Gasteiger partial charge in [0.15, 0.2) is 6.61 Å². The topological polar surface area (TPSA) is 38.3 Å². The number of carbonyl (C=O) groups excluding carboxylic acids is 1. The third kappa shape index (κ3) is 3.81. The number of carbonyl (C=O) groups is 1. The van der Waals surface area contributed by atoms with E-state index in [1.165, 1.54) is 55.6 Å². The molecule has 1 saturated heterocycles. The lowest BCUT2D eigenvalue weighted by Crippen LogP contribution is -2.56. The zero-order chi connectivity index (χ0) is 19.1. The summed E-state index contributed by atoms with van der Waals surface area (Å²) < 4.78 is 6.33. The van der Waals surface area contributed by atoms with Crippen LogP contribution in [0.1, 0.15) is 55.6 Å². The molecule has 4 aliphatic carbocycles. The lowest BCUT2D eigenvalue weighted by atomic mass is 9.48. The van der Waals surface area contributed by atoms with Crippen molar-refractivity contribution in [2.75, 3.05) is 18.1 Å². The molecule has 152 valence electrons. The van der Waals surface area contributed by atoms with Gasteiger partial charge in [0, 0.05) is 17.5 Å². The van der Waals surface area contributed by atoms with E-state index in [4.69, 9.17) is 4.74 Å². The fourth-order valence-electron chi connectivity index (χ4n) is 6.57. The SMILES string of the molecule is CC(NC(=O)COc1ccc(C2SCCS2)cc1)C12CC3CC(CC(C3)C1)C2. The first-order chi connectivity index (χ1) is 13.6. The zero-order valence-corrected chi connectivity index (χ0v) is 18.3. The Bertz CT molecular complexity index is 679. The van der Waals surface area contributed by atoms with Gasteiger partial charge in [-0.15, -0.1) is 23.5 Å². The molecule has 1 N–H and O–H groups in total. The van der Waals surface area contributed by atoms with Crippen LogP contribution in [0.5, 0.6) is 5.75 Å². The summed E-state index contributed by atoms with van der Waals surface area (Å²) in [5, 5.41) is 3.29. The van der Waals surface area contributed by atoms with Gasteiger partial charge in [0.25, 0.3) is 5.91 Å². The minimum absolute atomic E-state index is 0.0224. The molecule has 0 spiro atoms. The van der Waals surface area contributed by atoms with E-state index in [9.17, 15) is 4.79 Å². The van der Waals surface area contributed by atoms with Crippen LogP contribution in [0.4, 0.5) is 0 Å². The first-order valence-electron chi connectivity index (χ1n) is 10.8. The number of thioether (sulfide) groups is 2. The highest BCUT2D eigenvalue weighted by Crippen LogP contribution is 2.61. The molecule has 1 heterocycles. The summed E-state index contributed by atoms with van der Waals surface area (Å²) in [4.78, 5) is 12.6. The fraction of sp³-hybridized carbons (Fsp3) is 0.696. The molecular weight excluding hydrogens is 386 g/mol. The van der Waals surface area contributed by atoms with E-state index in [1.54, 1.807) is 0 Å². The summed E-state index contributed by atoms with van der Waals surface area (Å²) >= 11 is 4.02. The maximum atomic E-state index is 12.6. The molecule has 5 fully saturated rings. The quantitative estimate of drug-likeness (QED) is 0.685. The van der Waals surface area contributed by atoms with Crippen LogP contribution >= 0.6 is 23.5 Å². The van der Waals surface area contributed by atoms with Gasteiger partial charge in [-0.1, -0.05) is 12.1 Å². The van der Waals surface area contributed by atoms with Gasteiger partial charge in [0.05, 0.1) is 4.58 Å². The van der Waals surface area contributed by atoms with Gasteiger partial charge >= 0.3 is 0 Å². The number of benzene rings is 1. The summed E-state index contributed by atoms with van der Waals surface area (Å²) in [6.45, 7) is 2.35. The van der Waals surface area contributed by atoms with Crippen molar-refractivity contribution in [3.05, 3.63) is 29.8 Å². The minimum atomic E-state index is 0.0224. The largest absolute Gasteiger partial charge is 0.484 e. The Morgan fingerprint density at radius 2 is 1.64 bits per heavy atom. The molecule has 0 radical (unpaired) electrons. The van der Waals surface area contributed by atoms with Gasteiger partial charge < -0.3 is 10.1 Å². The van der Waals surface area contributed by atoms with Gasteiger partial charge in [-0.25, -0.2) is 0 Å². The van der Waals surface area contributed by atoms with Crippen LogP contribution in [-0.2, 0) is 4.79 Å². The van der Waals surface area contributed by atoms with Crippen LogP contribution in [0.2, 0.25) is 0 Å². The third-order valence-corrected chi connectivity index (χ3v) is 10.6. The van der Waals surface area contributed by atoms with Crippen molar-refractivity contribution in [1.29, 1.82) is 0 Å². The molecule has 1 atom stereocenters. The monoisotopic (exact) mass is 417 g/mol. The van der Waals surface area contributed by atoms with Crippen molar-refractivity contribution >= 4 is 29.4 Å². The molecule has 5 aliphatic rings. The average Bonchev–Trinajstić information content (AvgIpc) is 3.20.